The lowest BCUT2D eigenvalue weighted by Gasteiger charge is -2.06. The molecule has 0 aliphatic rings. The van der Waals surface area contributed by atoms with Crippen LogP contribution >= 0.6 is 11.3 Å². The van der Waals surface area contributed by atoms with Crippen LogP contribution in [-0.2, 0) is 11.2 Å². The van der Waals surface area contributed by atoms with Gasteiger partial charge < -0.3 is 10.6 Å². The molecule has 2 rings (SSSR count). The molecular weight excluding hydrogens is 284 g/mol. The maximum Gasteiger partial charge on any atom is 0.256 e. The molecule has 1 heterocycles. The average molecular weight is 302 g/mol. The van der Waals surface area contributed by atoms with Crippen LogP contribution in [0, 0.1) is 13.8 Å². The number of carbonyl (C=O) groups is 2. The van der Waals surface area contributed by atoms with Gasteiger partial charge in [-0.05, 0) is 37.6 Å². The molecule has 0 spiro atoms. The Hall–Kier alpha value is -2.14. The van der Waals surface area contributed by atoms with E-state index in [0.717, 1.165) is 21.0 Å². The minimum Gasteiger partial charge on any atom is -0.359 e. The van der Waals surface area contributed by atoms with Crippen molar-refractivity contribution >= 4 is 28.8 Å². The van der Waals surface area contributed by atoms with Crippen molar-refractivity contribution in [1.82, 2.24) is 5.32 Å². The molecule has 0 saturated carbocycles. The lowest BCUT2D eigenvalue weighted by molar-refractivity contribution is -0.119. The first-order chi connectivity index (χ1) is 9.99. The minimum absolute atomic E-state index is 0.0313. The first-order valence-electron chi connectivity index (χ1n) is 6.67. The Morgan fingerprint density at radius 1 is 1.14 bits per heavy atom. The van der Waals surface area contributed by atoms with Gasteiger partial charge in [-0.25, -0.2) is 0 Å². The number of benzene rings is 1. The van der Waals surface area contributed by atoms with Gasteiger partial charge in [-0.1, -0.05) is 12.1 Å². The first-order valence-corrected chi connectivity index (χ1v) is 7.49. The number of anilines is 1. The monoisotopic (exact) mass is 302 g/mol. The molecule has 0 aliphatic carbocycles. The number of carbonyl (C=O) groups excluding carboxylic acids is 2. The van der Waals surface area contributed by atoms with Crippen LogP contribution in [0.15, 0.2) is 30.3 Å². The van der Waals surface area contributed by atoms with E-state index < -0.39 is 0 Å². The van der Waals surface area contributed by atoms with Crippen molar-refractivity contribution in [2.45, 2.75) is 20.3 Å². The molecule has 0 atom stereocenters. The van der Waals surface area contributed by atoms with E-state index in [9.17, 15) is 9.59 Å². The van der Waals surface area contributed by atoms with Gasteiger partial charge in [0.25, 0.3) is 5.91 Å². The van der Waals surface area contributed by atoms with Crippen LogP contribution in [0.25, 0.3) is 0 Å². The van der Waals surface area contributed by atoms with Crippen LogP contribution in [0.3, 0.4) is 0 Å². The molecule has 0 fully saturated rings. The van der Waals surface area contributed by atoms with E-state index in [1.807, 2.05) is 44.2 Å². The summed E-state index contributed by atoms with van der Waals surface area (Å²) in [6, 6.07) is 9.21. The smallest absolute Gasteiger partial charge is 0.256 e. The lowest BCUT2D eigenvalue weighted by atomic mass is 10.1. The SMILES string of the molecule is CNC(=O)Cc1ccc(NC(=O)c2cc(C)sc2C)cc1. The Kier molecular flexibility index (Phi) is 4.75. The molecule has 2 N–H and O–H groups in total. The molecule has 110 valence electrons. The largest absolute Gasteiger partial charge is 0.359 e. The molecule has 0 unspecified atom stereocenters. The summed E-state index contributed by atoms with van der Waals surface area (Å²) in [5.41, 5.74) is 2.35. The Balaban J connectivity index is 2.05. The number of likely N-dealkylation sites (N-methyl/N-ethyl adjacent to an activating group) is 1. The van der Waals surface area contributed by atoms with Crippen molar-refractivity contribution in [3.63, 3.8) is 0 Å². The first kappa shape index (κ1) is 15.3. The zero-order chi connectivity index (χ0) is 15.4. The lowest BCUT2D eigenvalue weighted by Crippen LogP contribution is -2.19. The molecule has 2 aromatic rings. The van der Waals surface area contributed by atoms with Crippen molar-refractivity contribution < 1.29 is 9.59 Å². The van der Waals surface area contributed by atoms with Gasteiger partial charge in [0.05, 0.1) is 12.0 Å². The Labute approximate surface area is 128 Å². The Morgan fingerprint density at radius 3 is 2.33 bits per heavy atom. The summed E-state index contributed by atoms with van der Waals surface area (Å²) in [6.07, 6.45) is 0.341. The maximum absolute atomic E-state index is 12.2. The van der Waals surface area contributed by atoms with Crippen molar-refractivity contribution in [2.24, 2.45) is 0 Å². The molecule has 2 amide bonds. The van der Waals surface area contributed by atoms with E-state index in [-0.39, 0.29) is 11.8 Å². The van der Waals surface area contributed by atoms with Gasteiger partial charge in [0.2, 0.25) is 5.91 Å². The van der Waals surface area contributed by atoms with Crippen molar-refractivity contribution in [3.8, 4) is 0 Å². The van der Waals surface area contributed by atoms with Crippen LogP contribution < -0.4 is 10.6 Å². The van der Waals surface area contributed by atoms with Gasteiger partial charge in [0, 0.05) is 22.5 Å². The summed E-state index contributed by atoms with van der Waals surface area (Å²) in [5.74, 6) is -0.132. The minimum atomic E-state index is -0.101. The van der Waals surface area contributed by atoms with E-state index in [0.29, 0.717) is 12.0 Å². The highest BCUT2D eigenvalue weighted by atomic mass is 32.1. The average Bonchev–Trinajstić information content (AvgIpc) is 2.80. The van der Waals surface area contributed by atoms with Crippen LogP contribution in [0.2, 0.25) is 0 Å². The number of hydrogen-bond donors (Lipinski definition) is 2. The van der Waals surface area contributed by atoms with E-state index in [4.69, 9.17) is 0 Å². The van der Waals surface area contributed by atoms with Crippen LogP contribution in [0.1, 0.15) is 25.7 Å². The quantitative estimate of drug-likeness (QED) is 0.912. The van der Waals surface area contributed by atoms with Crippen molar-refractivity contribution in [2.75, 3.05) is 12.4 Å². The third kappa shape index (κ3) is 3.92. The third-order valence-corrected chi connectivity index (χ3v) is 4.11. The zero-order valence-electron chi connectivity index (χ0n) is 12.3. The molecular formula is C16H18N2O2S. The molecule has 4 nitrogen and oxygen atoms in total. The second-order valence-corrected chi connectivity index (χ2v) is 6.29. The number of rotatable bonds is 4. The highest BCUT2D eigenvalue weighted by molar-refractivity contribution is 7.12. The third-order valence-electron chi connectivity index (χ3n) is 3.14. The van der Waals surface area contributed by atoms with Crippen LogP contribution in [0.4, 0.5) is 5.69 Å². The fourth-order valence-corrected chi connectivity index (χ4v) is 2.96. The van der Waals surface area contributed by atoms with Crippen LogP contribution in [0.5, 0.6) is 0 Å². The summed E-state index contributed by atoms with van der Waals surface area (Å²) in [5, 5.41) is 5.46. The predicted octanol–water partition coefficient (Wildman–Crippen LogP) is 2.91. The van der Waals surface area contributed by atoms with Crippen LogP contribution in [-0.4, -0.2) is 18.9 Å². The summed E-state index contributed by atoms with van der Waals surface area (Å²) >= 11 is 1.61. The van der Waals surface area contributed by atoms with E-state index >= 15 is 0 Å². The Bertz CT molecular complexity index is 659. The second kappa shape index (κ2) is 6.54. The molecule has 0 saturated heterocycles. The molecule has 0 radical (unpaired) electrons. The highest BCUT2D eigenvalue weighted by Crippen LogP contribution is 2.21. The van der Waals surface area contributed by atoms with E-state index in [1.165, 1.54) is 0 Å². The number of nitrogens with one attached hydrogen (secondary N) is 2. The summed E-state index contributed by atoms with van der Waals surface area (Å²) < 4.78 is 0. The second-order valence-electron chi connectivity index (χ2n) is 4.83. The summed E-state index contributed by atoms with van der Waals surface area (Å²) in [4.78, 5) is 25.6. The number of thiophene rings is 1. The zero-order valence-corrected chi connectivity index (χ0v) is 13.1. The maximum atomic E-state index is 12.2. The van der Waals surface area contributed by atoms with Crippen molar-refractivity contribution in [3.05, 3.63) is 51.2 Å². The molecule has 1 aromatic heterocycles. The molecule has 21 heavy (non-hydrogen) atoms. The number of aryl methyl sites for hydroxylation is 2. The number of hydrogen-bond acceptors (Lipinski definition) is 3. The van der Waals surface area contributed by atoms with Gasteiger partial charge in [-0.2, -0.15) is 0 Å². The molecule has 0 bridgehead atoms. The van der Waals surface area contributed by atoms with Gasteiger partial charge >= 0.3 is 0 Å². The van der Waals surface area contributed by atoms with E-state index in [2.05, 4.69) is 10.6 Å². The molecule has 0 aliphatic heterocycles. The fraction of sp³-hybridized carbons (Fsp3) is 0.250. The Morgan fingerprint density at radius 2 is 1.81 bits per heavy atom. The highest BCUT2D eigenvalue weighted by Gasteiger charge is 2.12. The standard InChI is InChI=1S/C16H18N2O2S/c1-10-8-14(11(2)21-10)16(20)18-13-6-4-12(5-7-13)9-15(19)17-3/h4-8H,9H2,1-3H3,(H,17,19)(H,18,20). The molecule has 1 aromatic carbocycles. The molecule has 5 heteroatoms. The number of amides is 2. The van der Waals surface area contributed by atoms with Gasteiger partial charge in [-0.3, -0.25) is 9.59 Å². The summed E-state index contributed by atoms with van der Waals surface area (Å²) in [6.45, 7) is 3.93. The predicted molar refractivity (Wildman–Crippen MR) is 86.0 cm³/mol. The van der Waals surface area contributed by atoms with Crippen molar-refractivity contribution in [1.29, 1.82) is 0 Å². The van der Waals surface area contributed by atoms with Gasteiger partial charge in [0.15, 0.2) is 0 Å². The van der Waals surface area contributed by atoms with Gasteiger partial charge in [0.1, 0.15) is 0 Å². The van der Waals surface area contributed by atoms with Gasteiger partial charge in [-0.15, -0.1) is 11.3 Å². The fourth-order valence-electron chi connectivity index (χ4n) is 2.03. The normalized spacial score (nSPS) is 10.2. The van der Waals surface area contributed by atoms with E-state index in [1.54, 1.807) is 18.4 Å². The summed E-state index contributed by atoms with van der Waals surface area (Å²) in [7, 11) is 1.61. The topological polar surface area (TPSA) is 58.2 Å².